The molecular formula is C19H17N3O3S. The largest absolute Gasteiger partial charge is 0.497 e. The number of methoxy groups -OCH3 is 1. The van der Waals surface area contributed by atoms with Crippen LogP contribution < -0.4 is 9.46 Å². The van der Waals surface area contributed by atoms with E-state index in [9.17, 15) is 13.7 Å². The molecule has 0 aliphatic carbocycles. The van der Waals surface area contributed by atoms with Gasteiger partial charge in [0.2, 0.25) is 10.0 Å². The van der Waals surface area contributed by atoms with Gasteiger partial charge in [0.05, 0.1) is 30.1 Å². The second kappa shape index (κ2) is 6.58. The smallest absolute Gasteiger partial charge is 0.229 e. The Bertz CT molecular complexity index is 1140. The number of hydrogen-bond donors (Lipinski definition) is 1. The standard InChI is InChI=1S/C19H17N3O3S/c1-4-22-18-11-15(25-2)9-10-16(18)17(12-20)19(22)13-5-7-14(8-6-13)21-26(3,23)24/h4-11,21H,1H2,2-3H3. The second-order valence-electron chi connectivity index (χ2n) is 5.72. The van der Waals surface area contributed by atoms with Crippen LogP contribution in [0, 0.1) is 11.3 Å². The van der Waals surface area contributed by atoms with E-state index in [0.717, 1.165) is 22.7 Å². The molecule has 1 N–H and O–H groups in total. The number of nitriles is 1. The van der Waals surface area contributed by atoms with Crippen molar-refractivity contribution in [3.05, 3.63) is 54.6 Å². The fourth-order valence-corrected chi connectivity index (χ4v) is 3.48. The summed E-state index contributed by atoms with van der Waals surface area (Å²) in [5.74, 6) is 0.682. The van der Waals surface area contributed by atoms with E-state index in [2.05, 4.69) is 17.4 Å². The van der Waals surface area contributed by atoms with Crippen LogP contribution in [-0.2, 0) is 10.0 Å². The summed E-state index contributed by atoms with van der Waals surface area (Å²) in [4.78, 5) is 0. The molecule has 3 aromatic rings. The molecule has 1 aromatic heterocycles. The van der Waals surface area contributed by atoms with Gasteiger partial charge in [-0.1, -0.05) is 18.7 Å². The van der Waals surface area contributed by atoms with Crippen LogP contribution in [0.1, 0.15) is 5.56 Å². The second-order valence-corrected chi connectivity index (χ2v) is 7.47. The van der Waals surface area contributed by atoms with Crippen LogP contribution in [0.4, 0.5) is 5.69 Å². The van der Waals surface area contributed by atoms with Crippen LogP contribution in [0.3, 0.4) is 0 Å². The maximum Gasteiger partial charge on any atom is 0.229 e. The van der Waals surface area contributed by atoms with Gasteiger partial charge in [-0.15, -0.1) is 0 Å². The van der Waals surface area contributed by atoms with Crippen molar-refractivity contribution in [1.29, 1.82) is 5.26 Å². The summed E-state index contributed by atoms with van der Waals surface area (Å²) in [7, 11) is -1.76. The summed E-state index contributed by atoms with van der Waals surface area (Å²) in [6.45, 7) is 3.86. The average Bonchev–Trinajstić information content (AvgIpc) is 2.93. The van der Waals surface area contributed by atoms with Crippen LogP contribution >= 0.6 is 0 Å². The van der Waals surface area contributed by atoms with Crippen molar-refractivity contribution in [2.24, 2.45) is 0 Å². The summed E-state index contributed by atoms with van der Waals surface area (Å²) in [5.41, 5.74) is 3.25. The van der Waals surface area contributed by atoms with Gasteiger partial charge in [0.25, 0.3) is 0 Å². The Kier molecular flexibility index (Phi) is 4.45. The quantitative estimate of drug-likeness (QED) is 0.746. The topological polar surface area (TPSA) is 84.1 Å². The first-order valence-corrected chi connectivity index (χ1v) is 9.60. The van der Waals surface area contributed by atoms with Crippen molar-refractivity contribution in [3.8, 4) is 23.1 Å². The van der Waals surface area contributed by atoms with Crippen LogP contribution in [0.5, 0.6) is 5.75 Å². The molecule has 0 aliphatic heterocycles. The molecule has 132 valence electrons. The minimum Gasteiger partial charge on any atom is -0.497 e. The fourth-order valence-electron chi connectivity index (χ4n) is 2.91. The lowest BCUT2D eigenvalue weighted by atomic mass is 10.1. The van der Waals surface area contributed by atoms with Crippen molar-refractivity contribution >= 4 is 32.8 Å². The van der Waals surface area contributed by atoms with Crippen molar-refractivity contribution in [2.45, 2.75) is 0 Å². The number of sulfonamides is 1. The number of nitrogens with zero attached hydrogens (tertiary/aromatic N) is 2. The molecular weight excluding hydrogens is 350 g/mol. The Morgan fingerprint density at radius 1 is 1.23 bits per heavy atom. The van der Waals surface area contributed by atoms with Crippen molar-refractivity contribution in [3.63, 3.8) is 0 Å². The van der Waals surface area contributed by atoms with E-state index >= 15 is 0 Å². The highest BCUT2D eigenvalue weighted by Gasteiger charge is 2.18. The number of ether oxygens (including phenoxy) is 1. The van der Waals surface area contributed by atoms with Crippen LogP contribution in [0.15, 0.2) is 49.0 Å². The maximum absolute atomic E-state index is 11.4. The minimum absolute atomic E-state index is 0.456. The first-order valence-electron chi connectivity index (χ1n) is 7.70. The molecule has 0 saturated carbocycles. The van der Waals surface area contributed by atoms with Crippen molar-refractivity contribution in [1.82, 2.24) is 4.57 Å². The van der Waals surface area contributed by atoms with E-state index in [0.29, 0.717) is 22.7 Å². The maximum atomic E-state index is 11.4. The number of nitrogens with one attached hydrogen (secondary N) is 1. The molecule has 2 aromatic carbocycles. The first-order chi connectivity index (χ1) is 12.4. The van der Waals surface area contributed by atoms with Gasteiger partial charge in [-0.05, 0) is 24.3 Å². The monoisotopic (exact) mass is 367 g/mol. The number of benzene rings is 2. The zero-order chi connectivity index (χ0) is 18.9. The molecule has 0 atom stereocenters. The lowest BCUT2D eigenvalue weighted by Gasteiger charge is -2.08. The minimum atomic E-state index is -3.35. The normalized spacial score (nSPS) is 11.1. The molecule has 0 saturated heterocycles. The van der Waals surface area contributed by atoms with Gasteiger partial charge in [0, 0.05) is 28.9 Å². The third-order valence-electron chi connectivity index (χ3n) is 3.97. The summed E-state index contributed by atoms with van der Waals surface area (Å²) < 4.78 is 32.2. The van der Waals surface area contributed by atoms with E-state index in [1.54, 1.807) is 43.6 Å². The average molecular weight is 367 g/mol. The number of rotatable bonds is 5. The Labute approximate surface area is 152 Å². The van der Waals surface area contributed by atoms with Gasteiger partial charge >= 0.3 is 0 Å². The number of anilines is 1. The predicted octanol–water partition coefficient (Wildman–Crippen LogP) is 3.66. The van der Waals surface area contributed by atoms with Gasteiger partial charge in [-0.2, -0.15) is 5.26 Å². The molecule has 3 rings (SSSR count). The molecule has 1 heterocycles. The predicted molar refractivity (Wildman–Crippen MR) is 103 cm³/mol. The van der Waals surface area contributed by atoms with Crippen molar-refractivity contribution in [2.75, 3.05) is 18.1 Å². The summed E-state index contributed by atoms with van der Waals surface area (Å²) in [6.07, 6.45) is 2.73. The van der Waals surface area contributed by atoms with Crippen molar-refractivity contribution < 1.29 is 13.2 Å². The number of hydrogen-bond acceptors (Lipinski definition) is 4. The summed E-state index contributed by atoms with van der Waals surface area (Å²) in [5, 5.41) is 10.5. The molecule has 0 amide bonds. The Morgan fingerprint density at radius 2 is 1.92 bits per heavy atom. The third-order valence-corrected chi connectivity index (χ3v) is 4.57. The highest BCUT2D eigenvalue weighted by molar-refractivity contribution is 7.92. The molecule has 7 heteroatoms. The molecule has 0 fully saturated rings. The number of fused-ring (bicyclic) bond motifs is 1. The lowest BCUT2D eigenvalue weighted by molar-refractivity contribution is 0.415. The Morgan fingerprint density at radius 3 is 2.46 bits per heavy atom. The molecule has 26 heavy (non-hydrogen) atoms. The van der Waals surface area contributed by atoms with Crippen LogP contribution in [0.25, 0.3) is 28.4 Å². The van der Waals surface area contributed by atoms with Crippen LogP contribution in [0.2, 0.25) is 0 Å². The third kappa shape index (κ3) is 3.15. The van der Waals surface area contributed by atoms with E-state index in [-0.39, 0.29) is 0 Å². The fraction of sp³-hybridized carbons (Fsp3) is 0.105. The highest BCUT2D eigenvalue weighted by atomic mass is 32.2. The first kappa shape index (κ1) is 17.6. The van der Waals surface area contributed by atoms with E-state index in [1.165, 1.54) is 0 Å². The van der Waals surface area contributed by atoms with Gasteiger partial charge < -0.3 is 9.30 Å². The molecule has 0 spiro atoms. The van der Waals surface area contributed by atoms with E-state index in [4.69, 9.17) is 4.74 Å². The molecule has 0 aliphatic rings. The summed E-state index contributed by atoms with van der Waals surface area (Å²) in [6, 6.07) is 14.6. The summed E-state index contributed by atoms with van der Waals surface area (Å²) >= 11 is 0. The molecule has 6 nitrogen and oxygen atoms in total. The van der Waals surface area contributed by atoms with Crippen LogP contribution in [-0.4, -0.2) is 26.4 Å². The Hall–Kier alpha value is -3.24. The Balaban J connectivity index is 2.21. The van der Waals surface area contributed by atoms with Gasteiger partial charge in [-0.25, -0.2) is 8.42 Å². The highest BCUT2D eigenvalue weighted by Crippen LogP contribution is 2.35. The van der Waals surface area contributed by atoms with E-state index < -0.39 is 10.0 Å². The SMILES string of the molecule is C=Cn1c(-c2ccc(NS(C)(=O)=O)cc2)c(C#N)c2ccc(OC)cc21. The van der Waals surface area contributed by atoms with Gasteiger partial charge in [0.15, 0.2) is 0 Å². The zero-order valence-corrected chi connectivity index (χ0v) is 15.2. The zero-order valence-electron chi connectivity index (χ0n) is 14.4. The van der Waals surface area contributed by atoms with E-state index in [1.807, 2.05) is 16.7 Å². The molecule has 0 radical (unpaired) electrons. The molecule has 0 unspecified atom stereocenters. The lowest BCUT2D eigenvalue weighted by Crippen LogP contribution is -2.09. The number of aromatic nitrogens is 1. The van der Waals surface area contributed by atoms with Gasteiger partial charge in [0.1, 0.15) is 11.8 Å². The molecule has 0 bridgehead atoms. The van der Waals surface area contributed by atoms with Gasteiger partial charge in [-0.3, -0.25) is 4.72 Å².